The molecule has 0 aromatic heterocycles. The molecule has 2 rings (SSSR count). The second-order valence-electron chi connectivity index (χ2n) is 5.68. The molecular weight excluding hydrogens is 214 g/mol. The van der Waals surface area contributed by atoms with Crippen LogP contribution in [0.4, 0.5) is 0 Å². The van der Waals surface area contributed by atoms with E-state index < -0.39 is 5.54 Å². The van der Waals surface area contributed by atoms with Crippen LogP contribution >= 0.6 is 0 Å². The maximum absolute atomic E-state index is 12.0. The molecule has 2 aliphatic rings. The van der Waals surface area contributed by atoms with Crippen LogP contribution in [0.1, 0.15) is 44.9 Å². The van der Waals surface area contributed by atoms with Crippen LogP contribution in [0.3, 0.4) is 0 Å². The summed E-state index contributed by atoms with van der Waals surface area (Å²) in [6.45, 7) is 1.66. The van der Waals surface area contributed by atoms with Gasteiger partial charge < -0.3 is 16.0 Å². The number of carbonyl (C=O) groups excluding carboxylic acids is 1. The second-order valence-corrected chi connectivity index (χ2v) is 5.68. The minimum Gasteiger partial charge on any atom is -0.353 e. The fraction of sp³-hybridized carbons (Fsp3) is 0.923. The van der Waals surface area contributed by atoms with E-state index in [-0.39, 0.29) is 5.91 Å². The Kier molecular flexibility index (Phi) is 4.05. The third-order valence-electron chi connectivity index (χ3n) is 4.12. The molecule has 2 aliphatic carbocycles. The average Bonchev–Trinajstić information content (AvgIpc) is 3.13. The van der Waals surface area contributed by atoms with Crippen molar-refractivity contribution in [1.82, 2.24) is 10.2 Å². The maximum Gasteiger partial charge on any atom is 0.240 e. The summed E-state index contributed by atoms with van der Waals surface area (Å²) in [4.78, 5) is 14.4. The first kappa shape index (κ1) is 12.8. The van der Waals surface area contributed by atoms with Crippen LogP contribution in [-0.2, 0) is 4.79 Å². The van der Waals surface area contributed by atoms with Crippen molar-refractivity contribution in [3.63, 3.8) is 0 Å². The van der Waals surface area contributed by atoms with Crippen molar-refractivity contribution in [2.24, 2.45) is 5.73 Å². The molecule has 17 heavy (non-hydrogen) atoms. The molecule has 0 aliphatic heterocycles. The Morgan fingerprint density at radius 3 is 2.59 bits per heavy atom. The second kappa shape index (κ2) is 5.36. The Bertz CT molecular complexity index is 270. The molecule has 0 radical (unpaired) electrons. The molecule has 0 atom stereocenters. The van der Waals surface area contributed by atoms with Gasteiger partial charge in [0.2, 0.25) is 5.91 Å². The van der Waals surface area contributed by atoms with E-state index in [2.05, 4.69) is 17.3 Å². The zero-order valence-corrected chi connectivity index (χ0v) is 10.9. The molecule has 0 bridgehead atoms. The SMILES string of the molecule is CN(CCNC(=O)C1(N)CCCCC1)C1CC1. The summed E-state index contributed by atoms with van der Waals surface area (Å²) >= 11 is 0. The van der Waals surface area contributed by atoms with Crippen LogP contribution in [-0.4, -0.2) is 42.5 Å². The third kappa shape index (κ3) is 3.42. The van der Waals surface area contributed by atoms with Crippen LogP contribution in [0.25, 0.3) is 0 Å². The summed E-state index contributed by atoms with van der Waals surface area (Å²) in [5, 5.41) is 3.00. The van der Waals surface area contributed by atoms with Crippen molar-refractivity contribution in [3.8, 4) is 0 Å². The van der Waals surface area contributed by atoms with Gasteiger partial charge in [-0.3, -0.25) is 4.79 Å². The van der Waals surface area contributed by atoms with Crippen LogP contribution in [0, 0.1) is 0 Å². The summed E-state index contributed by atoms with van der Waals surface area (Å²) in [7, 11) is 2.13. The van der Waals surface area contributed by atoms with E-state index in [4.69, 9.17) is 5.73 Å². The molecule has 3 N–H and O–H groups in total. The fourth-order valence-electron chi connectivity index (χ4n) is 2.63. The highest BCUT2D eigenvalue weighted by molar-refractivity contribution is 5.86. The summed E-state index contributed by atoms with van der Waals surface area (Å²) in [5.41, 5.74) is 5.58. The highest BCUT2D eigenvalue weighted by Gasteiger charge is 2.35. The molecule has 0 aromatic carbocycles. The molecule has 2 fully saturated rings. The number of nitrogens with two attached hydrogens (primary N) is 1. The Labute approximate surface area is 104 Å². The van der Waals surface area contributed by atoms with Crippen molar-refractivity contribution < 1.29 is 4.79 Å². The van der Waals surface area contributed by atoms with Gasteiger partial charge in [0, 0.05) is 19.1 Å². The van der Waals surface area contributed by atoms with Gasteiger partial charge in [0.05, 0.1) is 5.54 Å². The molecule has 0 unspecified atom stereocenters. The number of likely N-dealkylation sites (N-methyl/N-ethyl adjacent to an activating group) is 1. The topological polar surface area (TPSA) is 58.4 Å². The number of hydrogen-bond donors (Lipinski definition) is 2. The van der Waals surface area contributed by atoms with E-state index in [1.165, 1.54) is 19.3 Å². The predicted molar refractivity (Wildman–Crippen MR) is 68.7 cm³/mol. The molecule has 0 saturated heterocycles. The van der Waals surface area contributed by atoms with Crippen LogP contribution in [0.15, 0.2) is 0 Å². The van der Waals surface area contributed by atoms with Gasteiger partial charge in [0.15, 0.2) is 0 Å². The molecular formula is C13H25N3O. The molecule has 0 spiro atoms. The first-order chi connectivity index (χ1) is 8.12. The highest BCUT2D eigenvalue weighted by atomic mass is 16.2. The van der Waals surface area contributed by atoms with Crippen molar-refractivity contribution in [2.75, 3.05) is 20.1 Å². The van der Waals surface area contributed by atoms with Crippen LogP contribution < -0.4 is 11.1 Å². The first-order valence-corrected chi connectivity index (χ1v) is 6.89. The minimum atomic E-state index is -0.587. The lowest BCUT2D eigenvalue weighted by atomic mass is 9.82. The van der Waals surface area contributed by atoms with Gasteiger partial charge in [0.1, 0.15) is 0 Å². The lowest BCUT2D eigenvalue weighted by Crippen LogP contribution is -2.55. The van der Waals surface area contributed by atoms with E-state index in [0.717, 1.165) is 44.8 Å². The van der Waals surface area contributed by atoms with Gasteiger partial charge in [-0.2, -0.15) is 0 Å². The van der Waals surface area contributed by atoms with Crippen molar-refractivity contribution in [2.45, 2.75) is 56.5 Å². The number of rotatable bonds is 5. The molecule has 2 saturated carbocycles. The predicted octanol–water partition coefficient (Wildman–Crippen LogP) is 0.858. The van der Waals surface area contributed by atoms with Crippen molar-refractivity contribution in [3.05, 3.63) is 0 Å². The lowest BCUT2D eigenvalue weighted by Gasteiger charge is -2.32. The zero-order valence-electron chi connectivity index (χ0n) is 10.9. The Morgan fingerprint density at radius 1 is 1.35 bits per heavy atom. The monoisotopic (exact) mass is 239 g/mol. The smallest absolute Gasteiger partial charge is 0.240 e. The molecule has 0 aromatic rings. The van der Waals surface area contributed by atoms with E-state index >= 15 is 0 Å². The lowest BCUT2D eigenvalue weighted by molar-refractivity contribution is -0.127. The standard InChI is InChI=1S/C13H25N3O/c1-16(11-5-6-11)10-9-15-12(17)13(14)7-3-2-4-8-13/h11H,2-10,14H2,1H3,(H,15,17). The number of hydrogen-bond acceptors (Lipinski definition) is 3. The van der Waals surface area contributed by atoms with E-state index in [0.29, 0.717) is 0 Å². The van der Waals surface area contributed by atoms with Crippen molar-refractivity contribution >= 4 is 5.91 Å². The fourth-order valence-corrected chi connectivity index (χ4v) is 2.63. The quantitative estimate of drug-likeness (QED) is 0.748. The number of carbonyl (C=O) groups is 1. The average molecular weight is 239 g/mol. The molecule has 0 heterocycles. The Morgan fingerprint density at radius 2 is 2.00 bits per heavy atom. The van der Waals surface area contributed by atoms with E-state index in [1.54, 1.807) is 0 Å². The molecule has 98 valence electrons. The number of nitrogens with zero attached hydrogens (tertiary/aromatic N) is 1. The Balaban J connectivity index is 1.68. The van der Waals surface area contributed by atoms with E-state index in [9.17, 15) is 4.79 Å². The first-order valence-electron chi connectivity index (χ1n) is 6.89. The van der Waals surface area contributed by atoms with Gasteiger partial charge >= 0.3 is 0 Å². The normalized spacial score (nSPS) is 23.7. The maximum atomic E-state index is 12.0. The van der Waals surface area contributed by atoms with Crippen LogP contribution in [0.5, 0.6) is 0 Å². The van der Waals surface area contributed by atoms with E-state index in [1.807, 2.05) is 0 Å². The molecule has 4 heteroatoms. The number of nitrogens with one attached hydrogen (secondary N) is 1. The Hall–Kier alpha value is -0.610. The summed E-state index contributed by atoms with van der Waals surface area (Å²) < 4.78 is 0. The minimum absolute atomic E-state index is 0.0568. The van der Waals surface area contributed by atoms with Crippen molar-refractivity contribution in [1.29, 1.82) is 0 Å². The van der Waals surface area contributed by atoms with Gasteiger partial charge in [-0.15, -0.1) is 0 Å². The summed E-state index contributed by atoms with van der Waals surface area (Å²) in [5.74, 6) is 0.0568. The number of amides is 1. The largest absolute Gasteiger partial charge is 0.353 e. The van der Waals surface area contributed by atoms with Gasteiger partial charge in [-0.1, -0.05) is 19.3 Å². The van der Waals surface area contributed by atoms with Crippen LogP contribution in [0.2, 0.25) is 0 Å². The highest BCUT2D eigenvalue weighted by Crippen LogP contribution is 2.26. The van der Waals surface area contributed by atoms with Gasteiger partial charge in [-0.05, 0) is 32.7 Å². The molecule has 1 amide bonds. The van der Waals surface area contributed by atoms with Gasteiger partial charge in [-0.25, -0.2) is 0 Å². The molecule has 4 nitrogen and oxygen atoms in total. The summed E-state index contributed by atoms with van der Waals surface area (Å²) in [6.07, 6.45) is 7.71. The van der Waals surface area contributed by atoms with Gasteiger partial charge in [0.25, 0.3) is 0 Å². The third-order valence-corrected chi connectivity index (χ3v) is 4.12. The summed E-state index contributed by atoms with van der Waals surface area (Å²) in [6, 6.07) is 0.758. The zero-order chi connectivity index (χ0) is 12.3.